The fourth-order valence-corrected chi connectivity index (χ4v) is 3.18. The van der Waals surface area contributed by atoms with E-state index < -0.39 is 18.2 Å². The van der Waals surface area contributed by atoms with Gasteiger partial charge in [0.2, 0.25) is 11.8 Å². The van der Waals surface area contributed by atoms with E-state index in [0.29, 0.717) is 27.0 Å². The summed E-state index contributed by atoms with van der Waals surface area (Å²) in [7, 11) is 0. The summed E-state index contributed by atoms with van der Waals surface area (Å²) in [5, 5.41) is 7.56. The van der Waals surface area contributed by atoms with Crippen LogP contribution in [0, 0.1) is 0 Å². The SMILES string of the molecule is O=C(CC(=O)Nc1cccc(Cl)c1Cl)NN=Cc1ccccc1OCc1ccccc1Cl. The third kappa shape index (κ3) is 6.72. The number of hydrogen-bond donors (Lipinski definition) is 2. The molecule has 0 saturated heterocycles. The van der Waals surface area contributed by atoms with Crippen molar-refractivity contribution in [1.29, 1.82) is 0 Å². The number of hydrazone groups is 1. The molecule has 0 unspecified atom stereocenters. The van der Waals surface area contributed by atoms with Crippen LogP contribution in [0.3, 0.4) is 0 Å². The van der Waals surface area contributed by atoms with E-state index in [4.69, 9.17) is 39.5 Å². The summed E-state index contributed by atoms with van der Waals surface area (Å²) in [6.07, 6.45) is 0.996. The molecule has 0 radical (unpaired) electrons. The van der Waals surface area contributed by atoms with Crippen molar-refractivity contribution in [2.75, 3.05) is 5.32 Å². The number of ether oxygens (including phenoxy) is 1. The van der Waals surface area contributed by atoms with Crippen molar-refractivity contribution in [1.82, 2.24) is 5.43 Å². The maximum Gasteiger partial charge on any atom is 0.249 e. The molecule has 0 fully saturated rings. The van der Waals surface area contributed by atoms with Crippen LogP contribution in [0.4, 0.5) is 5.69 Å². The Balaban J connectivity index is 1.54. The zero-order valence-corrected chi connectivity index (χ0v) is 18.9. The van der Waals surface area contributed by atoms with Gasteiger partial charge in [-0.3, -0.25) is 9.59 Å². The van der Waals surface area contributed by atoms with E-state index in [1.165, 1.54) is 6.21 Å². The van der Waals surface area contributed by atoms with E-state index in [2.05, 4.69) is 15.8 Å². The van der Waals surface area contributed by atoms with Gasteiger partial charge < -0.3 is 10.1 Å². The molecular weight excluding hydrogens is 473 g/mol. The number of nitrogens with zero attached hydrogens (tertiary/aromatic N) is 1. The van der Waals surface area contributed by atoms with Crippen LogP contribution < -0.4 is 15.5 Å². The van der Waals surface area contributed by atoms with Gasteiger partial charge >= 0.3 is 0 Å². The summed E-state index contributed by atoms with van der Waals surface area (Å²) in [5.41, 5.74) is 4.14. The van der Waals surface area contributed by atoms with Crippen LogP contribution >= 0.6 is 34.8 Å². The summed E-state index contributed by atoms with van der Waals surface area (Å²) in [5.74, 6) is -0.574. The molecule has 32 heavy (non-hydrogen) atoms. The van der Waals surface area contributed by atoms with Crippen molar-refractivity contribution in [2.45, 2.75) is 13.0 Å². The molecule has 0 aromatic heterocycles. The molecule has 0 spiro atoms. The maximum absolute atomic E-state index is 12.1. The molecule has 0 atom stereocenters. The maximum atomic E-state index is 12.1. The summed E-state index contributed by atoms with van der Waals surface area (Å²) in [4.78, 5) is 24.1. The third-order valence-electron chi connectivity index (χ3n) is 4.20. The molecule has 0 aliphatic carbocycles. The predicted molar refractivity (Wildman–Crippen MR) is 128 cm³/mol. The van der Waals surface area contributed by atoms with Gasteiger partial charge in [-0.15, -0.1) is 0 Å². The van der Waals surface area contributed by atoms with Crippen molar-refractivity contribution >= 4 is 58.5 Å². The van der Waals surface area contributed by atoms with Gasteiger partial charge in [-0.2, -0.15) is 5.10 Å². The van der Waals surface area contributed by atoms with Crippen molar-refractivity contribution < 1.29 is 14.3 Å². The highest BCUT2D eigenvalue weighted by molar-refractivity contribution is 6.44. The Hall–Kier alpha value is -3.06. The predicted octanol–water partition coefficient (Wildman–Crippen LogP) is 5.70. The first-order valence-electron chi connectivity index (χ1n) is 9.45. The number of amides is 2. The molecular formula is C23H18Cl3N3O3. The lowest BCUT2D eigenvalue weighted by Gasteiger charge is -2.10. The first-order chi connectivity index (χ1) is 15.4. The Labute approximate surface area is 200 Å². The Bertz CT molecular complexity index is 1150. The van der Waals surface area contributed by atoms with Gasteiger partial charge in [0.1, 0.15) is 18.8 Å². The zero-order valence-electron chi connectivity index (χ0n) is 16.6. The van der Waals surface area contributed by atoms with Gasteiger partial charge in [-0.25, -0.2) is 5.43 Å². The minimum atomic E-state index is -0.591. The lowest BCUT2D eigenvalue weighted by atomic mass is 10.2. The van der Waals surface area contributed by atoms with Crippen LogP contribution in [0.15, 0.2) is 71.8 Å². The Kier molecular flexibility index (Phi) is 8.50. The number of anilines is 1. The van der Waals surface area contributed by atoms with E-state index >= 15 is 0 Å². The number of rotatable bonds is 8. The molecule has 3 rings (SSSR count). The molecule has 3 aromatic carbocycles. The molecule has 0 heterocycles. The molecule has 0 aliphatic rings. The zero-order chi connectivity index (χ0) is 22.9. The van der Waals surface area contributed by atoms with Gasteiger partial charge in [0.25, 0.3) is 0 Å². The first kappa shape index (κ1) is 23.6. The lowest BCUT2D eigenvalue weighted by Crippen LogP contribution is -2.24. The number of nitrogens with one attached hydrogen (secondary N) is 2. The van der Waals surface area contributed by atoms with Crippen molar-refractivity contribution in [3.05, 3.63) is 92.9 Å². The van der Waals surface area contributed by atoms with E-state index in [1.54, 1.807) is 36.4 Å². The van der Waals surface area contributed by atoms with Crippen LogP contribution in [0.25, 0.3) is 0 Å². The van der Waals surface area contributed by atoms with Gasteiger partial charge in [0, 0.05) is 16.1 Å². The molecule has 6 nitrogen and oxygen atoms in total. The second-order valence-electron chi connectivity index (χ2n) is 6.54. The first-order valence-corrected chi connectivity index (χ1v) is 10.6. The van der Waals surface area contributed by atoms with Crippen LogP contribution in [0.5, 0.6) is 5.75 Å². The van der Waals surface area contributed by atoms with E-state index in [0.717, 1.165) is 5.56 Å². The molecule has 9 heteroatoms. The third-order valence-corrected chi connectivity index (χ3v) is 5.39. The monoisotopic (exact) mass is 489 g/mol. The van der Waals surface area contributed by atoms with Crippen molar-refractivity contribution in [3.63, 3.8) is 0 Å². The van der Waals surface area contributed by atoms with Gasteiger partial charge in [0.15, 0.2) is 0 Å². The number of carbonyl (C=O) groups excluding carboxylic acids is 2. The Morgan fingerprint density at radius 2 is 1.59 bits per heavy atom. The molecule has 0 saturated carbocycles. The average Bonchev–Trinajstić information content (AvgIpc) is 2.77. The topological polar surface area (TPSA) is 79.8 Å². The van der Waals surface area contributed by atoms with Crippen LogP contribution in [0.1, 0.15) is 17.5 Å². The molecule has 3 aromatic rings. The standard InChI is InChI=1S/C23H18Cl3N3O3/c24-17-8-3-1-7-16(17)14-32-20-11-4-2-6-15(20)13-27-29-22(31)12-21(30)28-19-10-5-9-18(25)23(19)26/h1-11,13H,12,14H2,(H,28,30)(H,29,31). The molecule has 2 amide bonds. The minimum absolute atomic E-state index is 0.203. The van der Waals surface area contributed by atoms with Crippen molar-refractivity contribution in [3.8, 4) is 5.75 Å². The quantitative estimate of drug-likeness (QED) is 0.241. The largest absolute Gasteiger partial charge is 0.488 e. The number of benzene rings is 3. The average molecular weight is 491 g/mol. The second-order valence-corrected chi connectivity index (χ2v) is 7.73. The smallest absolute Gasteiger partial charge is 0.249 e. The fraction of sp³-hybridized carbons (Fsp3) is 0.0870. The number of halogens is 3. The van der Waals surface area contributed by atoms with E-state index in [9.17, 15) is 9.59 Å². The molecule has 0 bridgehead atoms. The number of carbonyl (C=O) groups is 2. The summed E-state index contributed by atoms with van der Waals surface area (Å²) in [6, 6.07) is 19.4. The summed E-state index contributed by atoms with van der Waals surface area (Å²) in [6.45, 7) is 0.281. The highest BCUT2D eigenvalue weighted by Crippen LogP contribution is 2.29. The Morgan fingerprint density at radius 1 is 0.875 bits per heavy atom. The fourth-order valence-electron chi connectivity index (χ4n) is 2.64. The van der Waals surface area contributed by atoms with E-state index in [-0.39, 0.29) is 11.6 Å². The van der Waals surface area contributed by atoms with Crippen LogP contribution in [-0.2, 0) is 16.2 Å². The molecule has 164 valence electrons. The van der Waals surface area contributed by atoms with E-state index in [1.807, 2.05) is 30.3 Å². The number of para-hydroxylation sites is 1. The minimum Gasteiger partial charge on any atom is -0.488 e. The number of hydrogen-bond acceptors (Lipinski definition) is 4. The highest BCUT2D eigenvalue weighted by Gasteiger charge is 2.12. The Morgan fingerprint density at radius 3 is 2.41 bits per heavy atom. The summed E-state index contributed by atoms with van der Waals surface area (Å²) < 4.78 is 5.84. The van der Waals surface area contributed by atoms with Crippen LogP contribution in [-0.4, -0.2) is 18.0 Å². The van der Waals surface area contributed by atoms with Gasteiger partial charge in [0.05, 0.1) is 21.9 Å². The highest BCUT2D eigenvalue weighted by atomic mass is 35.5. The molecule has 2 N–H and O–H groups in total. The normalized spacial score (nSPS) is 10.7. The second kappa shape index (κ2) is 11.5. The van der Waals surface area contributed by atoms with Gasteiger partial charge in [-0.05, 0) is 30.3 Å². The van der Waals surface area contributed by atoms with Crippen LogP contribution in [0.2, 0.25) is 15.1 Å². The molecule has 0 aliphatic heterocycles. The van der Waals surface area contributed by atoms with Crippen molar-refractivity contribution in [2.24, 2.45) is 5.10 Å². The summed E-state index contributed by atoms with van der Waals surface area (Å²) >= 11 is 18.1. The van der Waals surface area contributed by atoms with Gasteiger partial charge in [-0.1, -0.05) is 71.2 Å². The lowest BCUT2D eigenvalue weighted by molar-refractivity contribution is -0.126.